The Bertz CT molecular complexity index is 1270. The monoisotopic (exact) mass is 470 g/mol. The molecule has 0 saturated heterocycles. The van der Waals surface area contributed by atoms with Crippen LogP contribution in [0.5, 0.6) is 5.75 Å². The smallest absolute Gasteiger partial charge is 0.339 e. The maximum Gasteiger partial charge on any atom is 0.339 e. The SMILES string of the molecule is Cc1cccc(OCc2ccc(C(=O)O[C@H](C(=O)c3ccccc3)c3ccc(Cl)cc3)cc2)c1. The molecule has 0 aromatic heterocycles. The van der Waals surface area contributed by atoms with Crippen LogP contribution in [0.25, 0.3) is 0 Å². The lowest BCUT2D eigenvalue weighted by Gasteiger charge is -2.18. The van der Waals surface area contributed by atoms with Crippen molar-refractivity contribution >= 4 is 23.4 Å². The summed E-state index contributed by atoms with van der Waals surface area (Å²) in [6.07, 6.45) is -1.09. The molecule has 4 nitrogen and oxygen atoms in total. The van der Waals surface area contributed by atoms with Crippen LogP contribution >= 0.6 is 11.6 Å². The number of esters is 1. The number of rotatable bonds is 8. The summed E-state index contributed by atoms with van der Waals surface area (Å²) in [4.78, 5) is 26.1. The van der Waals surface area contributed by atoms with Gasteiger partial charge in [0.1, 0.15) is 12.4 Å². The Balaban J connectivity index is 1.48. The Morgan fingerprint density at radius 1 is 0.794 bits per heavy atom. The topological polar surface area (TPSA) is 52.6 Å². The van der Waals surface area contributed by atoms with Gasteiger partial charge in [0.05, 0.1) is 5.56 Å². The average Bonchev–Trinajstić information content (AvgIpc) is 2.87. The van der Waals surface area contributed by atoms with Crippen molar-refractivity contribution in [2.75, 3.05) is 0 Å². The molecule has 0 amide bonds. The number of ketones is 1. The van der Waals surface area contributed by atoms with Crippen molar-refractivity contribution < 1.29 is 19.1 Å². The molecule has 0 spiro atoms. The Hall–Kier alpha value is -3.89. The van der Waals surface area contributed by atoms with E-state index in [4.69, 9.17) is 21.1 Å². The van der Waals surface area contributed by atoms with Crippen LogP contribution in [0.3, 0.4) is 0 Å². The lowest BCUT2D eigenvalue weighted by Crippen LogP contribution is -2.20. The van der Waals surface area contributed by atoms with Crippen LogP contribution < -0.4 is 4.74 Å². The van der Waals surface area contributed by atoms with E-state index in [2.05, 4.69) is 0 Å². The second-order valence-electron chi connectivity index (χ2n) is 7.87. The van der Waals surface area contributed by atoms with Gasteiger partial charge < -0.3 is 9.47 Å². The molecule has 1 atom stereocenters. The summed E-state index contributed by atoms with van der Waals surface area (Å²) in [5.74, 6) is -0.108. The normalized spacial score (nSPS) is 11.5. The molecule has 0 unspecified atom stereocenters. The molecule has 0 fully saturated rings. The number of ether oxygens (including phenoxy) is 2. The second-order valence-corrected chi connectivity index (χ2v) is 8.31. The van der Waals surface area contributed by atoms with Gasteiger partial charge in [0.2, 0.25) is 5.78 Å². The molecule has 0 radical (unpaired) electrons. The van der Waals surface area contributed by atoms with Gasteiger partial charge in [-0.3, -0.25) is 4.79 Å². The quantitative estimate of drug-likeness (QED) is 0.205. The van der Waals surface area contributed by atoms with E-state index in [1.807, 2.05) is 49.4 Å². The van der Waals surface area contributed by atoms with Crippen molar-refractivity contribution in [2.24, 2.45) is 0 Å². The van der Waals surface area contributed by atoms with E-state index in [0.717, 1.165) is 16.9 Å². The number of hydrogen-bond donors (Lipinski definition) is 0. The van der Waals surface area contributed by atoms with Gasteiger partial charge in [-0.1, -0.05) is 78.3 Å². The van der Waals surface area contributed by atoms with Crippen LogP contribution in [0, 0.1) is 6.92 Å². The highest BCUT2D eigenvalue weighted by Crippen LogP contribution is 2.26. The molecule has 0 aliphatic rings. The molecule has 170 valence electrons. The van der Waals surface area contributed by atoms with Crippen LogP contribution in [-0.2, 0) is 11.3 Å². The first-order chi connectivity index (χ1) is 16.5. The van der Waals surface area contributed by atoms with Gasteiger partial charge >= 0.3 is 5.97 Å². The summed E-state index contributed by atoms with van der Waals surface area (Å²) in [7, 11) is 0. The highest BCUT2D eigenvalue weighted by Gasteiger charge is 2.26. The van der Waals surface area contributed by atoms with Crippen LogP contribution in [-0.4, -0.2) is 11.8 Å². The predicted octanol–water partition coefficient (Wildman–Crippen LogP) is 7.01. The molecule has 0 aliphatic heterocycles. The maximum atomic E-state index is 13.2. The maximum absolute atomic E-state index is 13.2. The Morgan fingerprint density at radius 2 is 1.50 bits per heavy atom. The lowest BCUT2D eigenvalue weighted by atomic mass is 9.99. The number of hydrogen-bond acceptors (Lipinski definition) is 4. The van der Waals surface area contributed by atoms with Crippen molar-refractivity contribution in [2.45, 2.75) is 19.6 Å². The lowest BCUT2D eigenvalue weighted by molar-refractivity contribution is 0.0280. The summed E-state index contributed by atoms with van der Waals surface area (Å²) in [6.45, 7) is 2.38. The van der Waals surface area contributed by atoms with Gasteiger partial charge in [-0.05, 0) is 54.4 Å². The molecule has 4 aromatic carbocycles. The third kappa shape index (κ3) is 5.91. The standard InChI is InChI=1S/C29H23ClO4/c1-20-6-5-9-26(18-20)33-19-21-10-12-24(13-11-21)29(32)34-28(23-14-16-25(30)17-15-23)27(31)22-7-3-2-4-8-22/h2-18,28H,19H2,1H3/t28-/m0/s1. The first-order valence-electron chi connectivity index (χ1n) is 10.8. The number of carbonyl (C=O) groups is 2. The zero-order valence-electron chi connectivity index (χ0n) is 18.6. The third-order valence-electron chi connectivity index (χ3n) is 5.28. The minimum atomic E-state index is -1.09. The van der Waals surface area contributed by atoms with Crippen molar-refractivity contribution in [3.63, 3.8) is 0 Å². The summed E-state index contributed by atoms with van der Waals surface area (Å²) in [5.41, 5.74) is 3.39. The van der Waals surface area contributed by atoms with Crippen LogP contribution in [0.2, 0.25) is 5.02 Å². The van der Waals surface area contributed by atoms with Gasteiger partial charge in [-0.25, -0.2) is 4.79 Å². The van der Waals surface area contributed by atoms with Gasteiger partial charge in [0, 0.05) is 16.1 Å². The molecule has 4 aromatic rings. The fourth-order valence-corrected chi connectivity index (χ4v) is 3.57. The number of carbonyl (C=O) groups excluding carboxylic acids is 2. The predicted molar refractivity (Wildman–Crippen MR) is 132 cm³/mol. The summed E-state index contributed by atoms with van der Waals surface area (Å²) in [6, 6.07) is 30.2. The zero-order valence-corrected chi connectivity index (χ0v) is 19.4. The Morgan fingerprint density at radius 3 is 2.18 bits per heavy atom. The van der Waals surface area contributed by atoms with Crippen molar-refractivity contribution in [1.82, 2.24) is 0 Å². The van der Waals surface area contributed by atoms with E-state index < -0.39 is 12.1 Å². The number of benzene rings is 4. The molecule has 0 bridgehead atoms. The molecule has 34 heavy (non-hydrogen) atoms. The fourth-order valence-electron chi connectivity index (χ4n) is 3.45. The van der Waals surface area contributed by atoms with Crippen molar-refractivity contribution in [1.29, 1.82) is 0 Å². The van der Waals surface area contributed by atoms with Crippen LogP contribution in [0.1, 0.15) is 43.5 Å². The minimum Gasteiger partial charge on any atom is -0.489 e. The summed E-state index contributed by atoms with van der Waals surface area (Å²) < 4.78 is 11.5. The van der Waals surface area contributed by atoms with E-state index in [9.17, 15) is 9.59 Å². The van der Waals surface area contributed by atoms with Gasteiger partial charge in [-0.2, -0.15) is 0 Å². The molecule has 0 aliphatic carbocycles. The summed E-state index contributed by atoms with van der Waals surface area (Å²) >= 11 is 6.00. The fraction of sp³-hybridized carbons (Fsp3) is 0.103. The second kappa shape index (κ2) is 10.8. The van der Waals surface area contributed by atoms with E-state index >= 15 is 0 Å². The third-order valence-corrected chi connectivity index (χ3v) is 5.53. The number of aryl methyl sites for hydroxylation is 1. The van der Waals surface area contributed by atoms with E-state index in [1.54, 1.807) is 60.7 Å². The van der Waals surface area contributed by atoms with Gasteiger partial charge in [0.15, 0.2) is 6.10 Å². The number of halogens is 1. The molecule has 5 heteroatoms. The average molecular weight is 471 g/mol. The first kappa shape index (κ1) is 23.3. The largest absolute Gasteiger partial charge is 0.489 e. The van der Waals surface area contributed by atoms with Crippen LogP contribution in [0.4, 0.5) is 0 Å². The highest BCUT2D eigenvalue weighted by atomic mass is 35.5. The van der Waals surface area contributed by atoms with Crippen molar-refractivity contribution in [3.8, 4) is 5.75 Å². The molecular weight excluding hydrogens is 448 g/mol. The van der Waals surface area contributed by atoms with E-state index in [0.29, 0.717) is 28.3 Å². The van der Waals surface area contributed by atoms with Crippen molar-refractivity contribution in [3.05, 3.63) is 136 Å². The number of Topliss-reactive ketones (excluding diaryl/α,β-unsaturated/α-hetero) is 1. The molecule has 0 N–H and O–H groups in total. The Kier molecular flexibility index (Phi) is 7.41. The summed E-state index contributed by atoms with van der Waals surface area (Å²) in [5, 5.41) is 0.532. The first-order valence-corrected chi connectivity index (χ1v) is 11.2. The Labute approximate surface area is 203 Å². The van der Waals surface area contributed by atoms with E-state index in [-0.39, 0.29) is 5.78 Å². The molecule has 4 rings (SSSR count). The zero-order chi connectivity index (χ0) is 23.9. The minimum absolute atomic E-state index is 0.306. The molecule has 0 saturated carbocycles. The molecular formula is C29H23ClO4. The van der Waals surface area contributed by atoms with E-state index in [1.165, 1.54) is 0 Å². The highest BCUT2D eigenvalue weighted by molar-refractivity contribution is 6.30. The van der Waals surface area contributed by atoms with Gasteiger partial charge in [-0.15, -0.1) is 0 Å². The van der Waals surface area contributed by atoms with Crippen LogP contribution in [0.15, 0.2) is 103 Å². The molecule has 0 heterocycles. The van der Waals surface area contributed by atoms with Gasteiger partial charge in [0.25, 0.3) is 0 Å².